The van der Waals surface area contributed by atoms with Crippen molar-refractivity contribution < 1.29 is 14.2 Å². The summed E-state index contributed by atoms with van der Waals surface area (Å²) in [5, 5.41) is 0. The van der Waals surface area contributed by atoms with Gasteiger partial charge in [-0.1, -0.05) is 30.3 Å². The Balaban J connectivity index is 2.22. The number of ether oxygens (including phenoxy) is 3. The van der Waals surface area contributed by atoms with Crippen molar-refractivity contribution in [1.82, 2.24) is 0 Å². The van der Waals surface area contributed by atoms with Gasteiger partial charge in [0.15, 0.2) is 5.79 Å². The molecule has 3 heteroatoms. The van der Waals surface area contributed by atoms with Crippen LogP contribution < -0.4 is 0 Å². The molecule has 1 fully saturated rings. The van der Waals surface area contributed by atoms with Gasteiger partial charge in [-0.15, -0.1) is 0 Å². The van der Waals surface area contributed by atoms with Crippen LogP contribution in [0.5, 0.6) is 0 Å². The fourth-order valence-electron chi connectivity index (χ4n) is 1.90. The molecule has 1 aromatic rings. The number of benzene rings is 1. The van der Waals surface area contributed by atoms with Crippen molar-refractivity contribution in [2.45, 2.75) is 31.8 Å². The molecule has 1 aromatic carbocycles. The SMILES string of the molecule is CO[C@@H]1COC(C)(C)O[C@H]1c1ccccc1. The summed E-state index contributed by atoms with van der Waals surface area (Å²) in [6.07, 6.45) is -0.106. The summed E-state index contributed by atoms with van der Waals surface area (Å²) in [5.74, 6) is -0.546. The molecule has 0 saturated carbocycles. The molecule has 0 unspecified atom stereocenters. The highest BCUT2D eigenvalue weighted by atomic mass is 16.7. The van der Waals surface area contributed by atoms with Gasteiger partial charge in [0.25, 0.3) is 0 Å². The Hall–Kier alpha value is -0.900. The largest absolute Gasteiger partial charge is 0.376 e. The van der Waals surface area contributed by atoms with Crippen LogP contribution >= 0.6 is 0 Å². The number of rotatable bonds is 2. The quantitative estimate of drug-likeness (QED) is 0.769. The third-order valence-electron chi connectivity index (χ3n) is 2.77. The second kappa shape index (κ2) is 4.53. The van der Waals surface area contributed by atoms with E-state index in [-0.39, 0.29) is 12.2 Å². The molecule has 1 aliphatic rings. The molecule has 2 rings (SSSR count). The van der Waals surface area contributed by atoms with Crippen LogP contribution in [0, 0.1) is 0 Å². The lowest BCUT2D eigenvalue weighted by Crippen LogP contribution is -2.44. The van der Waals surface area contributed by atoms with E-state index in [1.165, 1.54) is 0 Å². The Morgan fingerprint density at radius 1 is 1.25 bits per heavy atom. The average Bonchev–Trinajstić information content (AvgIpc) is 2.29. The maximum absolute atomic E-state index is 5.92. The lowest BCUT2D eigenvalue weighted by molar-refractivity contribution is -0.310. The third-order valence-corrected chi connectivity index (χ3v) is 2.77. The van der Waals surface area contributed by atoms with E-state index in [0.29, 0.717) is 6.61 Å². The normalized spacial score (nSPS) is 28.9. The zero-order valence-electron chi connectivity index (χ0n) is 9.97. The molecule has 88 valence electrons. The van der Waals surface area contributed by atoms with Crippen LogP contribution in [0.1, 0.15) is 25.5 Å². The molecular weight excluding hydrogens is 204 g/mol. The highest BCUT2D eigenvalue weighted by Gasteiger charge is 2.37. The lowest BCUT2D eigenvalue weighted by atomic mass is 10.0. The molecule has 0 N–H and O–H groups in total. The van der Waals surface area contributed by atoms with Crippen LogP contribution in [0.15, 0.2) is 30.3 Å². The molecule has 2 atom stereocenters. The molecule has 1 heterocycles. The third kappa shape index (κ3) is 2.43. The van der Waals surface area contributed by atoms with Gasteiger partial charge in [-0.2, -0.15) is 0 Å². The van der Waals surface area contributed by atoms with Gasteiger partial charge in [-0.25, -0.2) is 0 Å². The Morgan fingerprint density at radius 2 is 1.94 bits per heavy atom. The first-order valence-corrected chi connectivity index (χ1v) is 5.52. The average molecular weight is 222 g/mol. The monoisotopic (exact) mass is 222 g/mol. The van der Waals surface area contributed by atoms with Gasteiger partial charge in [-0.05, 0) is 19.4 Å². The van der Waals surface area contributed by atoms with Gasteiger partial charge in [0.2, 0.25) is 0 Å². The van der Waals surface area contributed by atoms with E-state index in [1.54, 1.807) is 7.11 Å². The first kappa shape index (κ1) is 11.6. The standard InChI is InChI=1S/C13H18O3/c1-13(2)15-9-11(14-3)12(16-13)10-7-5-4-6-8-10/h4-8,11-12H,9H2,1-3H3/t11-,12+/m1/s1. The van der Waals surface area contributed by atoms with E-state index in [1.807, 2.05) is 32.0 Å². The van der Waals surface area contributed by atoms with E-state index < -0.39 is 5.79 Å². The van der Waals surface area contributed by atoms with Gasteiger partial charge in [0, 0.05) is 7.11 Å². The smallest absolute Gasteiger partial charge is 0.163 e. The Morgan fingerprint density at radius 3 is 2.56 bits per heavy atom. The van der Waals surface area contributed by atoms with Crippen LogP contribution in [0.25, 0.3) is 0 Å². The molecule has 0 aliphatic carbocycles. The van der Waals surface area contributed by atoms with Crippen LogP contribution in [0.2, 0.25) is 0 Å². The summed E-state index contributed by atoms with van der Waals surface area (Å²) in [5.41, 5.74) is 1.13. The maximum atomic E-state index is 5.92. The summed E-state index contributed by atoms with van der Waals surface area (Å²) in [6, 6.07) is 10.1. The van der Waals surface area contributed by atoms with Crippen LogP contribution in [-0.4, -0.2) is 25.6 Å². The Bertz CT molecular complexity index is 334. The molecule has 0 radical (unpaired) electrons. The highest BCUT2D eigenvalue weighted by molar-refractivity contribution is 5.19. The lowest BCUT2D eigenvalue weighted by Gasteiger charge is -2.40. The Labute approximate surface area is 96.3 Å². The number of hydrogen-bond donors (Lipinski definition) is 0. The maximum Gasteiger partial charge on any atom is 0.163 e. The zero-order chi connectivity index (χ0) is 11.6. The van der Waals surface area contributed by atoms with Gasteiger partial charge >= 0.3 is 0 Å². The van der Waals surface area contributed by atoms with E-state index in [0.717, 1.165) is 5.56 Å². The minimum Gasteiger partial charge on any atom is -0.376 e. The first-order valence-electron chi connectivity index (χ1n) is 5.52. The van der Waals surface area contributed by atoms with Crippen molar-refractivity contribution in [1.29, 1.82) is 0 Å². The van der Waals surface area contributed by atoms with Crippen LogP contribution in [0.3, 0.4) is 0 Å². The molecule has 1 aliphatic heterocycles. The number of methoxy groups -OCH3 is 1. The summed E-state index contributed by atoms with van der Waals surface area (Å²) in [7, 11) is 1.69. The van der Waals surface area contributed by atoms with E-state index >= 15 is 0 Å². The fourth-order valence-corrected chi connectivity index (χ4v) is 1.90. The van der Waals surface area contributed by atoms with Gasteiger partial charge < -0.3 is 14.2 Å². The summed E-state index contributed by atoms with van der Waals surface area (Å²) >= 11 is 0. The van der Waals surface area contributed by atoms with E-state index in [4.69, 9.17) is 14.2 Å². The molecular formula is C13H18O3. The minimum atomic E-state index is -0.546. The van der Waals surface area contributed by atoms with Crippen molar-refractivity contribution >= 4 is 0 Å². The second-order valence-electron chi connectivity index (χ2n) is 4.43. The molecule has 0 bridgehead atoms. The van der Waals surface area contributed by atoms with Crippen molar-refractivity contribution in [3.05, 3.63) is 35.9 Å². The molecule has 16 heavy (non-hydrogen) atoms. The van der Waals surface area contributed by atoms with Crippen LogP contribution in [0.4, 0.5) is 0 Å². The fraction of sp³-hybridized carbons (Fsp3) is 0.538. The molecule has 0 spiro atoms. The molecule has 0 aromatic heterocycles. The molecule has 1 saturated heterocycles. The molecule has 3 nitrogen and oxygen atoms in total. The van der Waals surface area contributed by atoms with Crippen molar-refractivity contribution in [3.63, 3.8) is 0 Å². The van der Waals surface area contributed by atoms with Crippen molar-refractivity contribution in [2.75, 3.05) is 13.7 Å². The van der Waals surface area contributed by atoms with Gasteiger partial charge in [0.1, 0.15) is 12.2 Å². The summed E-state index contributed by atoms with van der Waals surface area (Å²) < 4.78 is 16.9. The van der Waals surface area contributed by atoms with Crippen LogP contribution in [-0.2, 0) is 14.2 Å². The number of hydrogen-bond acceptors (Lipinski definition) is 3. The first-order chi connectivity index (χ1) is 7.62. The molecule has 0 amide bonds. The highest BCUT2D eigenvalue weighted by Crippen LogP contribution is 2.33. The van der Waals surface area contributed by atoms with Crippen molar-refractivity contribution in [3.8, 4) is 0 Å². The zero-order valence-corrected chi connectivity index (χ0v) is 9.97. The summed E-state index contributed by atoms with van der Waals surface area (Å²) in [4.78, 5) is 0. The van der Waals surface area contributed by atoms with Crippen molar-refractivity contribution in [2.24, 2.45) is 0 Å². The topological polar surface area (TPSA) is 27.7 Å². The van der Waals surface area contributed by atoms with Gasteiger partial charge in [0.05, 0.1) is 6.61 Å². The Kier molecular flexibility index (Phi) is 3.28. The van der Waals surface area contributed by atoms with Gasteiger partial charge in [-0.3, -0.25) is 0 Å². The van der Waals surface area contributed by atoms with E-state index in [2.05, 4.69) is 12.1 Å². The predicted octanol–water partition coefficient (Wildman–Crippen LogP) is 2.53. The second-order valence-corrected chi connectivity index (χ2v) is 4.43. The van der Waals surface area contributed by atoms with E-state index in [9.17, 15) is 0 Å². The summed E-state index contributed by atoms with van der Waals surface area (Å²) in [6.45, 7) is 4.41. The minimum absolute atomic E-state index is 0.0459. The predicted molar refractivity (Wildman–Crippen MR) is 61.1 cm³/mol.